The minimum absolute atomic E-state index is 0.198. The van der Waals surface area contributed by atoms with E-state index in [0.717, 1.165) is 45.3 Å². The fourth-order valence-electron chi connectivity index (χ4n) is 3.62. The Morgan fingerprint density at radius 3 is 2.56 bits per heavy atom. The van der Waals surface area contributed by atoms with Gasteiger partial charge in [0.25, 0.3) is 0 Å². The molecule has 2 heterocycles. The lowest BCUT2D eigenvalue weighted by molar-refractivity contribution is -0.668. The number of aromatic nitrogens is 2. The number of hydrogen-bond acceptors (Lipinski definition) is 1. The lowest BCUT2D eigenvalue weighted by atomic mass is 10.0. The smallest absolute Gasteiger partial charge is 0.213 e. The van der Waals surface area contributed by atoms with Gasteiger partial charge in [-0.25, -0.2) is 4.39 Å². The fraction of sp³-hybridized carbons (Fsp3) is 0.182. The number of rotatable bonds is 2. The maximum absolute atomic E-state index is 13.7. The average molecular weight is 331 g/mol. The minimum atomic E-state index is -0.198. The first-order chi connectivity index (χ1) is 12.0. The predicted octanol–water partition coefficient (Wildman–Crippen LogP) is 4.79. The molecule has 0 fully saturated rings. The number of fused-ring (bicyclic) bond motifs is 2. The Hall–Kier alpha value is -2.81. The Morgan fingerprint density at radius 2 is 1.72 bits per heavy atom. The number of para-hydroxylation sites is 1. The lowest BCUT2D eigenvalue weighted by Crippen LogP contribution is -2.39. The number of halogens is 1. The van der Waals surface area contributed by atoms with E-state index < -0.39 is 0 Å². The van der Waals surface area contributed by atoms with Crippen molar-refractivity contribution in [3.8, 4) is 0 Å². The van der Waals surface area contributed by atoms with Gasteiger partial charge in [-0.15, -0.1) is 0 Å². The first-order valence-corrected chi connectivity index (χ1v) is 8.47. The lowest BCUT2D eigenvalue weighted by Gasteiger charge is -2.10. The van der Waals surface area contributed by atoms with E-state index >= 15 is 0 Å². The molecule has 0 radical (unpaired) electrons. The molecule has 4 rings (SSSR count). The van der Waals surface area contributed by atoms with Crippen LogP contribution in [0.2, 0.25) is 0 Å². The SMILES string of the molecule is Cc1cc(C[n+]2c(C)cc(C)c3cc(F)ccc32)c2ccccc2n1. The molecule has 0 saturated heterocycles. The monoisotopic (exact) mass is 331 g/mol. The van der Waals surface area contributed by atoms with E-state index in [1.807, 2.05) is 38.1 Å². The Balaban J connectivity index is 1.95. The van der Waals surface area contributed by atoms with Crippen molar-refractivity contribution in [3.63, 3.8) is 0 Å². The van der Waals surface area contributed by atoms with Crippen molar-refractivity contribution >= 4 is 21.8 Å². The highest BCUT2D eigenvalue weighted by atomic mass is 19.1. The van der Waals surface area contributed by atoms with E-state index in [1.54, 1.807) is 6.07 Å². The molecule has 124 valence electrons. The zero-order valence-corrected chi connectivity index (χ0v) is 14.7. The minimum Gasteiger partial charge on any atom is -0.253 e. The average Bonchev–Trinajstić information content (AvgIpc) is 2.58. The summed E-state index contributed by atoms with van der Waals surface area (Å²) in [5.41, 5.74) is 6.56. The van der Waals surface area contributed by atoms with Gasteiger partial charge < -0.3 is 0 Å². The maximum Gasteiger partial charge on any atom is 0.213 e. The van der Waals surface area contributed by atoms with Gasteiger partial charge in [0.2, 0.25) is 5.52 Å². The number of hydrogen-bond donors (Lipinski definition) is 0. The molecule has 0 aliphatic heterocycles. The van der Waals surface area contributed by atoms with E-state index in [1.165, 1.54) is 11.6 Å². The first-order valence-electron chi connectivity index (χ1n) is 8.47. The summed E-state index contributed by atoms with van der Waals surface area (Å²) in [6, 6.07) is 17.5. The van der Waals surface area contributed by atoms with Gasteiger partial charge in [0.1, 0.15) is 5.82 Å². The summed E-state index contributed by atoms with van der Waals surface area (Å²) in [7, 11) is 0. The highest BCUT2D eigenvalue weighted by Crippen LogP contribution is 2.21. The van der Waals surface area contributed by atoms with Crippen molar-refractivity contribution in [2.24, 2.45) is 0 Å². The molecule has 0 aliphatic rings. The second-order valence-electron chi connectivity index (χ2n) is 6.66. The normalized spacial score (nSPS) is 11.4. The molecule has 4 aromatic rings. The highest BCUT2D eigenvalue weighted by Gasteiger charge is 2.18. The van der Waals surface area contributed by atoms with Crippen LogP contribution in [0.5, 0.6) is 0 Å². The summed E-state index contributed by atoms with van der Waals surface area (Å²) < 4.78 is 16.0. The summed E-state index contributed by atoms with van der Waals surface area (Å²) >= 11 is 0. The first kappa shape index (κ1) is 15.7. The van der Waals surface area contributed by atoms with Crippen molar-refractivity contribution in [2.75, 3.05) is 0 Å². The number of benzene rings is 2. The Kier molecular flexibility index (Phi) is 3.72. The quantitative estimate of drug-likeness (QED) is 0.483. The molecule has 0 saturated carbocycles. The van der Waals surface area contributed by atoms with Crippen molar-refractivity contribution in [1.29, 1.82) is 0 Å². The van der Waals surface area contributed by atoms with Crippen molar-refractivity contribution in [2.45, 2.75) is 27.3 Å². The van der Waals surface area contributed by atoms with Crippen LogP contribution in [-0.2, 0) is 6.54 Å². The molecule has 0 atom stereocenters. The summed E-state index contributed by atoms with van der Waals surface area (Å²) in [4.78, 5) is 4.63. The third kappa shape index (κ3) is 2.76. The molecular weight excluding hydrogens is 311 g/mol. The number of pyridine rings is 2. The van der Waals surface area contributed by atoms with Gasteiger partial charge in [-0.2, -0.15) is 4.57 Å². The van der Waals surface area contributed by atoms with Crippen LogP contribution >= 0.6 is 0 Å². The van der Waals surface area contributed by atoms with Crippen molar-refractivity contribution in [3.05, 3.63) is 82.9 Å². The van der Waals surface area contributed by atoms with Crippen LogP contribution < -0.4 is 4.57 Å². The topological polar surface area (TPSA) is 16.8 Å². The number of aryl methyl sites for hydroxylation is 3. The summed E-state index contributed by atoms with van der Waals surface area (Å²) in [6.45, 7) is 6.89. The zero-order chi connectivity index (χ0) is 17.6. The van der Waals surface area contributed by atoms with E-state index in [2.05, 4.69) is 34.7 Å². The Bertz CT molecular complexity index is 1120. The summed E-state index contributed by atoms with van der Waals surface area (Å²) in [5, 5.41) is 2.12. The van der Waals surface area contributed by atoms with Gasteiger partial charge in [-0.3, -0.25) is 4.98 Å². The molecule has 0 unspecified atom stereocenters. The van der Waals surface area contributed by atoms with Gasteiger partial charge in [0, 0.05) is 35.7 Å². The van der Waals surface area contributed by atoms with Crippen LogP contribution in [0.1, 0.15) is 22.5 Å². The molecule has 0 spiro atoms. The van der Waals surface area contributed by atoms with E-state index in [4.69, 9.17) is 0 Å². The van der Waals surface area contributed by atoms with Crippen molar-refractivity contribution in [1.82, 2.24) is 4.98 Å². The molecule has 2 aromatic carbocycles. The molecule has 25 heavy (non-hydrogen) atoms. The number of nitrogens with zero attached hydrogens (tertiary/aromatic N) is 2. The van der Waals surface area contributed by atoms with Crippen LogP contribution in [0.25, 0.3) is 21.8 Å². The van der Waals surface area contributed by atoms with Gasteiger partial charge in [-0.05, 0) is 43.7 Å². The van der Waals surface area contributed by atoms with Gasteiger partial charge in [0.15, 0.2) is 12.2 Å². The van der Waals surface area contributed by atoms with E-state index in [0.29, 0.717) is 0 Å². The zero-order valence-electron chi connectivity index (χ0n) is 14.7. The van der Waals surface area contributed by atoms with Crippen LogP contribution in [0, 0.1) is 26.6 Å². The highest BCUT2D eigenvalue weighted by molar-refractivity contribution is 5.82. The van der Waals surface area contributed by atoms with Crippen LogP contribution in [-0.4, -0.2) is 4.98 Å². The largest absolute Gasteiger partial charge is 0.253 e. The molecule has 3 heteroatoms. The predicted molar refractivity (Wildman–Crippen MR) is 99.2 cm³/mol. The molecule has 0 aliphatic carbocycles. The van der Waals surface area contributed by atoms with Gasteiger partial charge >= 0.3 is 0 Å². The maximum atomic E-state index is 13.7. The van der Waals surface area contributed by atoms with E-state index in [9.17, 15) is 4.39 Å². The van der Waals surface area contributed by atoms with Gasteiger partial charge in [-0.1, -0.05) is 18.2 Å². The summed E-state index contributed by atoms with van der Waals surface area (Å²) in [5.74, 6) is -0.198. The van der Waals surface area contributed by atoms with E-state index in [-0.39, 0.29) is 5.82 Å². The standard InChI is InChI=1S/C22H20FN2/c1-14-10-16(3)25(22-9-8-18(23)12-20(14)22)13-17-11-15(2)24-21-7-5-4-6-19(17)21/h4-12H,13H2,1-3H3/q+1. The third-order valence-electron chi connectivity index (χ3n) is 4.78. The second kappa shape index (κ2) is 5.92. The van der Waals surface area contributed by atoms with Crippen LogP contribution in [0.3, 0.4) is 0 Å². The molecule has 0 N–H and O–H groups in total. The Labute approximate surface area is 146 Å². The molecule has 0 bridgehead atoms. The van der Waals surface area contributed by atoms with Gasteiger partial charge in [0.05, 0.1) is 10.9 Å². The molecule has 2 aromatic heterocycles. The van der Waals surface area contributed by atoms with Crippen LogP contribution in [0.4, 0.5) is 4.39 Å². The fourth-order valence-corrected chi connectivity index (χ4v) is 3.62. The van der Waals surface area contributed by atoms with Crippen LogP contribution in [0.15, 0.2) is 54.6 Å². The molecule has 0 amide bonds. The van der Waals surface area contributed by atoms with Crippen molar-refractivity contribution < 1.29 is 8.96 Å². The Morgan fingerprint density at radius 1 is 0.920 bits per heavy atom. The second-order valence-corrected chi connectivity index (χ2v) is 6.66. The summed E-state index contributed by atoms with van der Waals surface area (Å²) in [6.07, 6.45) is 0. The molecule has 2 nitrogen and oxygen atoms in total. The molecular formula is C22H20FN2+. The third-order valence-corrected chi connectivity index (χ3v) is 4.78.